The molecule has 0 bridgehead atoms. The molecule has 0 aliphatic carbocycles. The third-order valence-corrected chi connectivity index (χ3v) is 4.43. The number of rotatable bonds is 7. The summed E-state index contributed by atoms with van der Waals surface area (Å²) in [5.41, 5.74) is 1.36. The first-order chi connectivity index (χ1) is 11.4. The second-order valence-corrected chi connectivity index (χ2v) is 7.19. The Morgan fingerprint density at radius 2 is 2.00 bits per heavy atom. The Morgan fingerprint density at radius 3 is 2.62 bits per heavy atom. The van der Waals surface area contributed by atoms with Gasteiger partial charge < -0.3 is 19.9 Å². The Bertz CT molecular complexity index is 784. The average molecular weight is 352 g/mol. The number of amides is 2. The first-order valence-electron chi connectivity index (χ1n) is 7.23. The predicted octanol–water partition coefficient (Wildman–Crippen LogP) is 1.25. The molecule has 8 nitrogen and oxygen atoms in total. The van der Waals surface area contributed by atoms with Crippen molar-refractivity contribution in [2.45, 2.75) is 18.0 Å². The number of hydrogen-bond donors (Lipinski definition) is 2. The van der Waals surface area contributed by atoms with Gasteiger partial charge in [-0.3, -0.25) is 0 Å². The molecule has 0 unspecified atom stereocenters. The van der Waals surface area contributed by atoms with Crippen molar-refractivity contribution in [3.8, 4) is 0 Å². The highest BCUT2D eigenvalue weighted by molar-refractivity contribution is 7.90. The van der Waals surface area contributed by atoms with Crippen LogP contribution in [0.2, 0.25) is 0 Å². The lowest BCUT2D eigenvalue weighted by molar-refractivity contribution is 0.186. The van der Waals surface area contributed by atoms with Gasteiger partial charge in [0.25, 0.3) is 0 Å². The molecule has 0 saturated heterocycles. The molecule has 0 aliphatic rings. The number of carbonyl (C=O) groups is 1. The number of nitrogens with one attached hydrogen (secondary N) is 2. The van der Waals surface area contributed by atoms with Gasteiger partial charge in [0.1, 0.15) is 0 Å². The van der Waals surface area contributed by atoms with E-state index in [9.17, 15) is 13.2 Å². The molecule has 0 atom stereocenters. The SMILES string of the molecule is COCCn1cncc1CNC(=O)Nc1ccc(S(C)(=O)=O)cc1. The maximum absolute atomic E-state index is 11.9. The summed E-state index contributed by atoms with van der Waals surface area (Å²) < 4.78 is 29.7. The van der Waals surface area contributed by atoms with Gasteiger partial charge >= 0.3 is 6.03 Å². The predicted molar refractivity (Wildman–Crippen MR) is 89.5 cm³/mol. The van der Waals surface area contributed by atoms with E-state index < -0.39 is 9.84 Å². The molecule has 2 N–H and O–H groups in total. The summed E-state index contributed by atoms with van der Waals surface area (Å²) in [5, 5.41) is 5.37. The Labute approximate surface area is 140 Å². The van der Waals surface area contributed by atoms with Crippen LogP contribution in [0.5, 0.6) is 0 Å². The fourth-order valence-electron chi connectivity index (χ4n) is 2.02. The maximum Gasteiger partial charge on any atom is 0.319 e. The number of hydrogen-bond acceptors (Lipinski definition) is 5. The second-order valence-electron chi connectivity index (χ2n) is 5.18. The van der Waals surface area contributed by atoms with Gasteiger partial charge in [-0.1, -0.05) is 0 Å². The molecule has 2 aromatic rings. The standard InChI is InChI=1S/C15H20N4O4S/c1-23-8-7-19-11-16-9-13(19)10-17-15(20)18-12-3-5-14(6-4-12)24(2,21)22/h3-6,9,11H,7-8,10H2,1-2H3,(H2,17,18,20). The minimum atomic E-state index is -3.25. The van der Waals surface area contributed by atoms with Crippen LogP contribution in [-0.2, 0) is 27.7 Å². The molecule has 130 valence electrons. The molecule has 9 heteroatoms. The molecule has 0 saturated carbocycles. The Hall–Kier alpha value is -2.39. The highest BCUT2D eigenvalue weighted by Crippen LogP contribution is 2.13. The maximum atomic E-state index is 11.9. The largest absolute Gasteiger partial charge is 0.383 e. The molecule has 1 aromatic carbocycles. The third-order valence-electron chi connectivity index (χ3n) is 3.31. The second kappa shape index (κ2) is 7.93. The van der Waals surface area contributed by atoms with Gasteiger partial charge in [-0.15, -0.1) is 0 Å². The number of anilines is 1. The number of methoxy groups -OCH3 is 1. The molecule has 0 fully saturated rings. The van der Waals surface area contributed by atoms with Crippen molar-refractivity contribution >= 4 is 21.6 Å². The smallest absolute Gasteiger partial charge is 0.319 e. The summed E-state index contributed by atoms with van der Waals surface area (Å²) >= 11 is 0. The zero-order valence-electron chi connectivity index (χ0n) is 13.5. The van der Waals surface area contributed by atoms with Crippen molar-refractivity contribution in [1.29, 1.82) is 0 Å². The van der Waals surface area contributed by atoms with Crippen molar-refractivity contribution in [3.05, 3.63) is 42.5 Å². The van der Waals surface area contributed by atoms with Gasteiger partial charge in [-0.05, 0) is 24.3 Å². The zero-order valence-corrected chi connectivity index (χ0v) is 14.3. The molecular formula is C15H20N4O4S. The highest BCUT2D eigenvalue weighted by Gasteiger charge is 2.08. The summed E-state index contributed by atoms with van der Waals surface area (Å²) in [6, 6.07) is 5.59. The van der Waals surface area contributed by atoms with E-state index in [4.69, 9.17) is 4.74 Å². The topological polar surface area (TPSA) is 102 Å². The van der Waals surface area contributed by atoms with Crippen LogP contribution in [0.4, 0.5) is 10.5 Å². The van der Waals surface area contributed by atoms with Gasteiger partial charge in [0.15, 0.2) is 9.84 Å². The van der Waals surface area contributed by atoms with Crippen molar-refractivity contribution in [2.75, 3.05) is 25.3 Å². The molecule has 1 heterocycles. The van der Waals surface area contributed by atoms with E-state index in [0.717, 1.165) is 11.9 Å². The van der Waals surface area contributed by atoms with Gasteiger partial charge in [0, 0.05) is 31.8 Å². The summed E-state index contributed by atoms with van der Waals surface area (Å²) in [4.78, 5) is 16.2. The number of ether oxygens (including phenoxy) is 1. The van der Waals surface area contributed by atoms with E-state index >= 15 is 0 Å². The van der Waals surface area contributed by atoms with Gasteiger partial charge in [0.05, 0.1) is 30.1 Å². The number of carbonyl (C=O) groups excluding carboxylic acids is 1. The number of urea groups is 1. The monoisotopic (exact) mass is 352 g/mol. The fraction of sp³-hybridized carbons (Fsp3) is 0.333. The van der Waals surface area contributed by atoms with Crippen LogP contribution in [-0.4, -0.2) is 44.0 Å². The van der Waals surface area contributed by atoms with Crippen LogP contribution < -0.4 is 10.6 Å². The summed E-state index contributed by atoms with van der Waals surface area (Å²) in [7, 11) is -1.63. The van der Waals surface area contributed by atoms with E-state index in [1.807, 2.05) is 4.57 Å². The molecule has 0 spiro atoms. The van der Waals surface area contributed by atoms with Crippen LogP contribution in [0.15, 0.2) is 41.7 Å². The molecular weight excluding hydrogens is 332 g/mol. The lowest BCUT2D eigenvalue weighted by Gasteiger charge is -2.10. The summed E-state index contributed by atoms with van der Waals surface area (Å²) in [6.45, 7) is 1.53. The zero-order chi connectivity index (χ0) is 17.6. The van der Waals surface area contributed by atoms with Crippen LogP contribution >= 0.6 is 0 Å². The Morgan fingerprint density at radius 1 is 1.29 bits per heavy atom. The number of sulfone groups is 1. The van der Waals surface area contributed by atoms with Crippen molar-refractivity contribution in [1.82, 2.24) is 14.9 Å². The average Bonchev–Trinajstić information content (AvgIpc) is 2.98. The number of imidazole rings is 1. The molecule has 0 radical (unpaired) electrons. The van der Waals surface area contributed by atoms with Crippen LogP contribution in [0, 0.1) is 0 Å². The molecule has 2 amide bonds. The Balaban J connectivity index is 1.89. The molecule has 24 heavy (non-hydrogen) atoms. The quantitative estimate of drug-likeness (QED) is 0.781. The molecule has 1 aromatic heterocycles. The Kier molecular flexibility index (Phi) is 5.93. The summed E-state index contributed by atoms with van der Waals surface area (Å²) in [5.74, 6) is 0. The first kappa shape index (κ1) is 18.0. The molecule has 0 aliphatic heterocycles. The van der Waals surface area contributed by atoms with Crippen LogP contribution in [0.1, 0.15) is 5.69 Å². The van der Waals surface area contributed by atoms with Crippen molar-refractivity contribution in [3.63, 3.8) is 0 Å². The molecule has 2 rings (SSSR count). The number of nitrogens with zero attached hydrogens (tertiary/aromatic N) is 2. The summed E-state index contributed by atoms with van der Waals surface area (Å²) in [6.07, 6.45) is 4.49. The van der Waals surface area contributed by atoms with E-state index in [1.54, 1.807) is 31.8 Å². The minimum Gasteiger partial charge on any atom is -0.383 e. The normalized spacial score (nSPS) is 11.2. The van der Waals surface area contributed by atoms with Crippen molar-refractivity contribution < 1.29 is 17.9 Å². The minimum absolute atomic E-state index is 0.204. The van der Waals surface area contributed by atoms with Crippen LogP contribution in [0.3, 0.4) is 0 Å². The lowest BCUT2D eigenvalue weighted by Crippen LogP contribution is -2.29. The van der Waals surface area contributed by atoms with E-state index in [-0.39, 0.29) is 10.9 Å². The van der Waals surface area contributed by atoms with Gasteiger partial charge in [-0.2, -0.15) is 0 Å². The van der Waals surface area contributed by atoms with Crippen molar-refractivity contribution in [2.24, 2.45) is 0 Å². The van der Waals surface area contributed by atoms with E-state index in [2.05, 4.69) is 15.6 Å². The third kappa shape index (κ3) is 5.07. The van der Waals surface area contributed by atoms with Crippen LogP contribution in [0.25, 0.3) is 0 Å². The van der Waals surface area contributed by atoms with Gasteiger partial charge in [-0.25, -0.2) is 18.2 Å². The van der Waals surface area contributed by atoms with Gasteiger partial charge in [0.2, 0.25) is 0 Å². The number of benzene rings is 1. The van der Waals surface area contributed by atoms with E-state index in [0.29, 0.717) is 25.4 Å². The highest BCUT2D eigenvalue weighted by atomic mass is 32.2. The lowest BCUT2D eigenvalue weighted by atomic mass is 10.3. The fourth-order valence-corrected chi connectivity index (χ4v) is 2.65. The number of aromatic nitrogens is 2. The van der Waals surface area contributed by atoms with E-state index in [1.165, 1.54) is 12.1 Å². The first-order valence-corrected chi connectivity index (χ1v) is 9.12.